The van der Waals surface area contributed by atoms with Crippen LogP contribution in [0.3, 0.4) is 0 Å². The molecule has 0 unspecified atom stereocenters. The van der Waals surface area contributed by atoms with Gasteiger partial charge in [0.25, 0.3) is 0 Å². The van der Waals surface area contributed by atoms with Crippen molar-refractivity contribution in [2.75, 3.05) is 5.32 Å². The molecule has 0 aromatic heterocycles. The van der Waals surface area contributed by atoms with Gasteiger partial charge < -0.3 is 10.4 Å². The lowest BCUT2D eigenvalue weighted by atomic mass is 9.78. The number of amides is 1. The summed E-state index contributed by atoms with van der Waals surface area (Å²) in [4.78, 5) is 23.7. The highest BCUT2D eigenvalue weighted by Crippen LogP contribution is 2.31. The van der Waals surface area contributed by atoms with E-state index in [9.17, 15) is 14.7 Å². The summed E-state index contributed by atoms with van der Waals surface area (Å²) in [6.45, 7) is 2.16. The van der Waals surface area contributed by atoms with Crippen molar-refractivity contribution in [1.29, 1.82) is 0 Å². The molecule has 0 heterocycles. The second-order valence-electron chi connectivity index (χ2n) is 6.13. The SMILES string of the molecule is CCCCc1ccc(NC(=O)[C@H]2CCCC[C@@H]2C(=O)O)cc1. The van der Waals surface area contributed by atoms with Crippen molar-refractivity contribution in [1.82, 2.24) is 0 Å². The Labute approximate surface area is 131 Å². The normalized spacial score (nSPS) is 21.3. The first-order valence-corrected chi connectivity index (χ1v) is 8.24. The van der Waals surface area contributed by atoms with Gasteiger partial charge in [-0.3, -0.25) is 9.59 Å². The van der Waals surface area contributed by atoms with Gasteiger partial charge in [-0.15, -0.1) is 0 Å². The van der Waals surface area contributed by atoms with Crippen LogP contribution in [-0.4, -0.2) is 17.0 Å². The van der Waals surface area contributed by atoms with Crippen LogP contribution in [0.5, 0.6) is 0 Å². The second kappa shape index (κ2) is 7.97. The number of anilines is 1. The number of carboxylic acids is 1. The number of hydrogen-bond acceptors (Lipinski definition) is 2. The number of aryl methyl sites for hydroxylation is 1. The maximum atomic E-state index is 12.4. The van der Waals surface area contributed by atoms with Crippen molar-refractivity contribution in [3.05, 3.63) is 29.8 Å². The first-order valence-electron chi connectivity index (χ1n) is 8.24. The average molecular weight is 303 g/mol. The fourth-order valence-corrected chi connectivity index (χ4v) is 3.11. The highest BCUT2D eigenvalue weighted by atomic mass is 16.4. The van der Waals surface area contributed by atoms with Crippen LogP contribution < -0.4 is 5.32 Å². The third-order valence-corrected chi connectivity index (χ3v) is 4.46. The van der Waals surface area contributed by atoms with Crippen LogP contribution in [0.2, 0.25) is 0 Å². The van der Waals surface area contributed by atoms with E-state index in [1.54, 1.807) is 0 Å². The predicted octanol–water partition coefficient (Wildman–Crippen LogP) is 3.86. The van der Waals surface area contributed by atoms with Crippen LogP contribution in [0.25, 0.3) is 0 Å². The Morgan fingerprint density at radius 1 is 1.14 bits per heavy atom. The van der Waals surface area contributed by atoms with Crippen LogP contribution in [0.1, 0.15) is 51.0 Å². The standard InChI is InChI=1S/C18H25NO3/c1-2-3-6-13-9-11-14(12-10-13)19-17(20)15-7-4-5-8-16(15)18(21)22/h9-12,15-16H,2-8H2,1H3,(H,19,20)(H,21,22)/t15-,16-/m0/s1. The first kappa shape index (κ1) is 16.5. The Kier molecular flexibility index (Phi) is 5.99. The second-order valence-corrected chi connectivity index (χ2v) is 6.13. The molecule has 0 radical (unpaired) electrons. The molecule has 4 heteroatoms. The van der Waals surface area contributed by atoms with Gasteiger partial charge in [-0.2, -0.15) is 0 Å². The maximum absolute atomic E-state index is 12.4. The van der Waals surface area contributed by atoms with E-state index in [0.717, 1.165) is 37.8 Å². The van der Waals surface area contributed by atoms with Gasteiger partial charge in [0.1, 0.15) is 0 Å². The number of aliphatic carboxylic acids is 1. The van der Waals surface area contributed by atoms with Crippen molar-refractivity contribution in [3.63, 3.8) is 0 Å². The van der Waals surface area contributed by atoms with E-state index in [4.69, 9.17) is 0 Å². The molecule has 2 rings (SSSR count). The molecule has 1 aliphatic carbocycles. The molecule has 22 heavy (non-hydrogen) atoms. The number of carbonyl (C=O) groups is 2. The average Bonchev–Trinajstić information content (AvgIpc) is 2.54. The van der Waals surface area contributed by atoms with Gasteiger partial charge in [-0.25, -0.2) is 0 Å². The fraction of sp³-hybridized carbons (Fsp3) is 0.556. The van der Waals surface area contributed by atoms with Crippen LogP contribution in [0.4, 0.5) is 5.69 Å². The summed E-state index contributed by atoms with van der Waals surface area (Å²) in [5, 5.41) is 12.1. The van der Waals surface area contributed by atoms with Crippen LogP contribution >= 0.6 is 0 Å². The molecular weight excluding hydrogens is 278 g/mol. The van der Waals surface area contributed by atoms with Crippen molar-refractivity contribution in [3.8, 4) is 0 Å². The summed E-state index contributed by atoms with van der Waals surface area (Å²) >= 11 is 0. The minimum atomic E-state index is -0.852. The van der Waals surface area contributed by atoms with Crippen molar-refractivity contribution in [2.45, 2.75) is 51.9 Å². The zero-order valence-corrected chi connectivity index (χ0v) is 13.2. The zero-order chi connectivity index (χ0) is 15.9. The Hall–Kier alpha value is -1.84. The number of carbonyl (C=O) groups excluding carboxylic acids is 1. The van der Waals surface area contributed by atoms with Crippen molar-refractivity contribution >= 4 is 17.6 Å². The molecule has 0 aliphatic heterocycles. The number of hydrogen-bond donors (Lipinski definition) is 2. The number of nitrogens with one attached hydrogen (secondary N) is 1. The number of carboxylic acid groups (broad SMARTS) is 1. The maximum Gasteiger partial charge on any atom is 0.307 e. The Morgan fingerprint density at radius 3 is 2.36 bits per heavy atom. The third-order valence-electron chi connectivity index (χ3n) is 4.46. The molecule has 120 valence electrons. The molecule has 1 aromatic rings. The topological polar surface area (TPSA) is 66.4 Å². The van der Waals surface area contributed by atoms with Crippen molar-refractivity contribution < 1.29 is 14.7 Å². The summed E-state index contributed by atoms with van der Waals surface area (Å²) in [5.41, 5.74) is 2.01. The molecule has 1 aliphatic rings. The smallest absolute Gasteiger partial charge is 0.307 e. The van der Waals surface area contributed by atoms with E-state index in [0.29, 0.717) is 12.8 Å². The number of unbranched alkanes of at least 4 members (excludes halogenated alkanes) is 1. The van der Waals surface area contributed by atoms with E-state index in [-0.39, 0.29) is 5.91 Å². The Balaban J connectivity index is 1.96. The van der Waals surface area contributed by atoms with E-state index < -0.39 is 17.8 Å². The highest BCUT2D eigenvalue weighted by Gasteiger charge is 2.35. The van der Waals surface area contributed by atoms with Crippen LogP contribution in [0, 0.1) is 11.8 Å². The van der Waals surface area contributed by atoms with Crippen LogP contribution in [0.15, 0.2) is 24.3 Å². The molecule has 1 aromatic carbocycles. The minimum absolute atomic E-state index is 0.159. The van der Waals surface area contributed by atoms with Gasteiger partial charge in [0.2, 0.25) is 5.91 Å². The minimum Gasteiger partial charge on any atom is -0.481 e. The summed E-state index contributed by atoms with van der Waals surface area (Å²) in [6.07, 6.45) is 6.46. The number of rotatable bonds is 6. The molecule has 2 atom stereocenters. The zero-order valence-electron chi connectivity index (χ0n) is 13.2. The Bertz CT molecular complexity index is 510. The van der Waals surface area contributed by atoms with Gasteiger partial charge in [0.15, 0.2) is 0 Å². The molecule has 2 N–H and O–H groups in total. The molecule has 1 amide bonds. The van der Waals surface area contributed by atoms with Gasteiger partial charge >= 0.3 is 5.97 Å². The van der Waals surface area contributed by atoms with E-state index >= 15 is 0 Å². The van der Waals surface area contributed by atoms with E-state index in [1.165, 1.54) is 5.56 Å². The van der Waals surface area contributed by atoms with Gasteiger partial charge in [0.05, 0.1) is 11.8 Å². The lowest BCUT2D eigenvalue weighted by molar-refractivity contribution is -0.147. The number of benzene rings is 1. The molecule has 0 saturated heterocycles. The monoisotopic (exact) mass is 303 g/mol. The van der Waals surface area contributed by atoms with Crippen LogP contribution in [-0.2, 0) is 16.0 Å². The predicted molar refractivity (Wildman–Crippen MR) is 86.8 cm³/mol. The molecule has 0 bridgehead atoms. The molecule has 1 fully saturated rings. The molecule has 0 spiro atoms. The first-order chi connectivity index (χ1) is 10.6. The third kappa shape index (κ3) is 4.33. The van der Waals surface area contributed by atoms with Gasteiger partial charge in [-0.1, -0.05) is 38.3 Å². The summed E-state index contributed by atoms with van der Waals surface area (Å²) in [7, 11) is 0. The Morgan fingerprint density at radius 2 is 1.77 bits per heavy atom. The van der Waals surface area contributed by atoms with Gasteiger partial charge in [0, 0.05) is 5.69 Å². The molecule has 1 saturated carbocycles. The summed E-state index contributed by atoms with van der Waals surface area (Å²) < 4.78 is 0. The lowest BCUT2D eigenvalue weighted by Gasteiger charge is -2.27. The molecular formula is C18H25NO3. The summed E-state index contributed by atoms with van der Waals surface area (Å²) in [6, 6.07) is 7.87. The summed E-state index contributed by atoms with van der Waals surface area (Å²) in [5.74, 6) is -1.97. The van der Waals surface area contributed by atoms with E-state index in [2.05, 4.69) is 12.2 Å². The lowest BCUT2D eigenvalue weighted by Crippen LogP contribution is -2.36. The highest BCUT2D eigenvalue weighted by molar-refractivity contribution is 5.95. The fourth-order valence-electron chi connectivity index (χ4n) is 3.11. The van der Waals surface area contributed by atoms with Gasteiger partial charge in [-0.05, 0) is 43.4 Å². The van der Waals surface area contributed by atoms with E-state index in [1.807, 2.05) is 24.3 Å². The quantitative estimate of drug-likeness (QED) is 0.838. The van der Waals surface area contributed by atoms with Crippen molar-refractivity contribution in [2.24, 2.45) is 11.8 Å². The largest absolute Gasteiger partial charge is 0.481 e. The molecule has 4 nitrogen and oxygen atoms in total.